The number of benzene rings is 1. The van der Waals surface area contributed by atoms with E-state index in [0.29, 0.717) is 6.04 Å². The summed E-state index contributed by atoms with van der Waals surface area (Å²) in [7, 11) is 0. The molecule has 1 aliphatic rings. The molecule has 0 saturated carbocycles. The Hall–Kier alpha value is -1.45. The van der Waals surface area contributed by atoms with Crippen LogP contribution in [0.4, 0.5) is 0 Å². The molecule has 1 atom stereocenters. The van der Waals surface area contributed by atoms with Crippen molar-refractivity contribution >= 4 is 10.9 Å². The summed E-state index contributed by atoms with van der Waals surface area (Å²) in [5.74, 6) is 0. The quantitative estimate of drug-likeness (QED) is 0.850. The summed E-state index contributed by atoms with van der Waals surface area (Å²) >= 11 is 0. The minimum Gasteiger partial charge on any atom is -0.326 e. The van der Waals surface area contributed by atoms with Gasteiger partial charge in [0.25, 0.3) is 0 Å². The lowest BCUT2D eigenvalue weighted by Gasteiger charge is -2.16. The van der Waals surface area contributed by atoms with Crippen molar-refractivity contribution in [2.24, 2.45) is 5.73 Å². The average molecular weight is 227 g/mol. The van der Waals surface area contributed by atoms with Crippen LogP contribution < -0.4 is 5.73 Å². The molecule has 3 nitrogen and oxygen atoms in total. The number of nitrogens with two attached hydrogens (primary N) is 1. The van der Waals surface area contributed by atoms with Crippen LogP contribution in [-0.2, 0) is 6.54 Å². The van der Waals surface area contributed by atoms with Crippen LogP contribution in [0.1, 0.15) is 12.0 Å². The highest BCUT2D eigenvalue weighted by Crippen LogP contribution is 2.19. The molecule has 1 aromatic heterocycles. The van der Waals surface area contributed by atoms with Gasteiger partial charge >= 0.3 is 0 Å². The van der Waals surface area contributed by atoms with E-state index in [0.717, 1.165) is 31.6 Å². The van der Waals surface area contributed by atoms with Crippen molar-refractivity contribution in [1.82, 2.24) is 9.88 Å². The van der Waals surface area contributed by atoms with Gasteiger partial charge in [0.2, 0.25) is 0 Å². The molecule has 0 amide bonds. The largest absolute Gasteiger partial charge is 0.326 e. The topological polar surface area (TPSA) is 42.1 Å². The molecule has 17 heavy (non-hydrogen) atoms. The first kappa shape index (κ1) is 10.7. The standard InChI is InChI=1S/C14H17N3/c15-12-6-8-17(10-12)9-11-5-7-16-14-4-2-1-3-13(11)14/h1-5,7,12H,6,8-10,15H2. The first-order valence-corrected chi connectivity index (χ1v) is 6.13. The summed E-state index contributed by atoms with van der Waals surface area (Å²) in [5, 5.41) is 1.26. The third kappa shape index (κ3) is 2.16. The van der Waals surface area contributed by atoms with E-state index in [4.69, 9.17) is 5.73 Å². The number of hydrogen-bond donors (Lipinski definition) is 1. The predicted molar refractivity (Wildman–Crippen MR) is 69.6 cm³/mol. The number of nitrogens with zero attached hydrogens (tertiary/aromatic N) is 2. The highest BCUT2D eigenvalue weighted by Gasteiger charge is 2.19. The normalized spacial score (nSPS) is 21.1. The highest BCUT2D eigenvalue weighted by atomic mass is 15.2. The SMILES string of the molecule is NC1CCN(Cc2ccnc3ccccc23)C1. The lowest BCUT2D eigenvalue weighted by atomic mass is 10.1. The molecular formula is C14H17N3. The Morgan fingerprint density at radius 3 is 3.00 bits per heavy atom. The molecule has 88 valence electrons. The Balaban J connectivity index is 1.90. The minimum absolute atomic E-state index is 0.350. The maximum absolute atomic E-state index is 5.94. The highest BCUT2D eigenvalue weighted by molar-refractivity contribution is 5.81. The fourth-order valence-corrected chi connectivity index (χ4v) is 2.54. The number of likely N-dealkylation sites (tertiary alicyclic amines) is 1. The molecule has 1 fully saturated rings. The third-order valence-electron chi connectivity index (χ3n) is 3.44. The van der Waals surface area contributed by atoms with E-state index in [1.54, 1.807) is 0 Å². The van der Waals surface area contributed by atoms with Gasteiger partial charge in [-0.1, -0.05) is 18.2 Å². The van der Waals surface area contributed by atoms with Crippen LogP contribution >= 0.6 is 0 Å². The van der Waals surface area contributed by atoms with Crippen molar-refractivity contribution in [3.8, 4) is 0 Å². The lowest BCUT2D eigenvalue weighted by molar-refractivity contribution is 0.328. The number of fused-ring (bicyclic) bond motifs is 1. The van der Waals surface area contributed by atoms with E-state index < -0.39 is 0 Å². The summed E-state index contributed by atoms with van der Waals surface area (Å²) in [6.45, 7) is 3.10. The molecule has 3 heteroatoms. The summed E-state index contributed by atoms with van der Waals surface area (Å²) in [5.41, 5.74) is 8.37. The number of aromatic nitrogens is 1. The first-order valence-electron chi connectivity index (χ1n) is 6.13. The van der Waals surface area contributed by atoms with Gasteiger partial charge in [-0.05, 0) is 24.1 Å². The van der Waals surface area contributed by atoms with Gasteiger partial charge < -0.3 is 5.73 Å². The van der Waals surface area contributed by atoms with Gasteiger partial charge in [-0.15, -0.1) is 0 Å². The van der Waals surface area contributed by atoms with E-state index in [9.17, 15) is 0 Å². The Bertz CT molecular complexity index is 518. The smallest absolute Gasteiger partial charge is 0.0705 e. The zero-order valence-electron chi connectivity index (χ0n) is 9.84. The second-order valence-electron chi connectivity index (χ2n) is 4.77. The number of rotatable bonds is 2. The van der Waals surface area contributed by atoms with Crippen LogP contribution in [-0.4, -0.2) is 29.0 Å². The third-order valence-corrected chi connectivity index (χ3v) is 3.44. The van der Waals surface area contributed by atoms with E-state index in [1.165, 1.54) is 10.9 Å². The van der Waals surface area contributed by atoms with Gasteiger partial charge in [0, 0.05) is 37.3 Å². The van der Waals surface area contributed by atoms with Crippen LogP contribution in [0.25, 0.3) is 10.9 Å². The van der Waals surface area contributed by atoms with Crippen LogP contribution in [0.15, 0.2) is 36.5 Å². The number of pyridine rings is 1. The lowest BCUT2D eigenvalue weighted by Crippen LogP contribution is -2.26. The van der Waals surface area contributed by atoms with Crippen molar-refractivity contribution in [3.63, 3.8) is 0 Å². The first-order chi connectivity index (χ1) is 8.33. The average Bonchev–Trinajstić information content (AvgIpc) is 2.75. The maximum atomic E-state index is 5.94. The van der Waals surface area contributed by atoms with Crippen LogP contribution in [0.2, 0.25) is 0 Å². The molecule has 0 spiro atoms. The molecule has 1 unspecified atom stereocenters. The Labute approximate surface area is 101 Å². The van der Waals surface area contributed by atoms with Gasteiger partial charge in [0.1, 0.15) is 0 Å². The molecule has 2 aromatic rings. The van der Waals surface area contributed by atoms with Gasteiger partial charge in [0.15, 0.2) is 0 Å². The van der Waals surface area contributed by atoms with Crippen molar-refractivity contribution < 1.29 is 0 Å². The summed E-state index contributed by atoms with van der Waals surface area (Å²) in [6.07, 6.45) is 3.01. The van der Waals surface area contributed by atoms with Crippen molar-refractivity contribution in [2.45, 2.75) is 19.0 Å². The Morgan fingerprint density at radius 2 is 2.18 bits per heavy atom. The predicted octanol–water partition coefficient (Wildman–Crippen LogP) is 1.77. The summed E-state index contributed by atoms with van der Waals surface area (Å²) in [4.78, 5) is 6.81. The molecule has 2 N–H and O–H groups in total. The zero-order chi connectivity index (χ0) is 11.7. The molecular weight excluding hydrogens is 210 g/mol. The molecule has 0 aliphatic carbocycles. The molecule has 2 heterocycles. The van der Waals surface area contributed by atoms with Crippen LogP contribution in [0.5, 0.6) is 0 Å². The van der Waals surface area contributed by atoms with Crippen molar-refractivity contribution in [3.05, 3.63) is 42.1 Å². The molecule has 1 aliphatic heterocycles. The fraction of sp³-hybridized carbons (Fsp3) is 0.357. The fourth-order valence-electron chi connectivity index (χ4n) is 2.54. The van der Waals surface area contributed by atoms with E-state index in [2.05, 4.69) is 34.1 Å². The maximum Gasteiger partial charge on any atom is 0.0705 e. The van der Waals surface area contributed by atoms with Gasteiger partial charge in [-0.3, -0.25) is 9.88 Å². The molecule has 1 saturated heterocycles. The Morgan fingerprint density at radius 1 is 1.29 bits per heavy atom. The Kier molecular flexibility index (Phi) is 2.79. The van der Waals surface area contributed by atoms with Gasteiger partial charge in [-0.2, -0.15) is 0 Å². The van der Waals surface area contributed by atoms with Crippen LogP contribution in [0.3, 0.4) is 0 Å². The zero-order valence-corrected chi connectivity index (χ0v) is 9.84. The number of hydrogen-bond acceptors (Lipinski definition) is 3. The van der Waals surface area contributed by atoms with E-state index in [-0.39, 0.29) is 0 Å². The molecule has 0 radical (unpaired) electrons. The minimum atomic E-state index is 0.350. The monoisotopic (exact) mass is 227 g/mol. The second kappa shape index (κ2) is 4.43. The number of para-hydroxylation sites is 1. The molecule has 3 rings (SSSR count). The van der Waals surface area contributed by atoms with E-state index >= 15 is 0 Å². The second-order valence-corrected chi connectivity index (χ2v) is 4.77. The molecule has 0 bridgehead atoms. The van der Waals surface area contributed by atoms with Gasteiger partial charge in [0.05, 0.1) is 5.52 Å². The van der Waals surface area contributed by atoms with Gasteiger partial charge in [-0.25, -0.2) is 0 Å². The van der Waals surface area contributed by atoms with E-state index in [1.807, 2.05) is 12.3 Å². The van der Waals surface area contributed by atoms with Crippen molar-refractivity contribution in [2.75, 3.05) is 13.1 Å². The van der Waals surface area contributed by atoms with Crippen LogP contribution in [0, 0.1) is 0 Å². The summed E-state index contributed by atoms with van der Waals surface area (Å²) in [6, 6.07) is 10.8. The summed E-state index contributed by atoms with van der Waals surface area (Å²) < 4.78 is 0. The molecule has 1 aromatic carbocycles. The van der Waals surface area contributed by atoms with Crippen molar-refractivity contribution in [1.29, 1.82) is 0 Å².